The summed E-state index contributed by atoms with van der Waals surface area (Å²) < 4.78 is 0. The van der Waals surface area contributed by atoms with Gasteiger partial charge in [-0.3, -0.25) is 9.97 Å². The summed E-state index contributed by atoms with van der Waals surface area (Å²) in [7, 11) is 0. The van der Waals surface area contributed by atoms with Crippen LogP contribution in [0.15, 0.2) is 29.3 Å². The first-order chi connectivity index (χ1) is 11.2. The highest BCUT2D eigenvalue weighted by atomic mass is 16.2. The van der Waals surface area contributed by atoms with Crippen molar-refractivity contribution in [1.82, 2.24) is 30.4 Å². The number of carbonyl (C=O) groups is 1. The van der Waals surface area contributed by atoms with E-state index in [0.29, 0.717) is 18.8 Å². The average Bonchev–Trinajstić information content (AvgIpc) is 3.01. The van der Waals surface area contributed by atoms with Crippen molar-refractivity contribution >= 4 is 6.03 Å². The zero-order valence-electron chi connectivity index (χ0n) is 12.8. The summed E-state index contributed by atoms with van der Waals surface area (Å²) in [6.07, 6.45) is 7.11. The smallest absolute Gasteiger partial charge is 0.338 e. The molecule has 3 heterocycles. The molecule has 1 atom stereocenters. The van der Waals surface area contributed by atoms with Crippen LogP contribution in [0, 0.1) is 0 Å². The maximum Gasteiger partial charge on any atom is 0.340 e. The van der Waals surface area contributed by atoms with E-state index in [1.807, 2.05) is 23.2 Å². The number of H-pyrrole nitrogens is 2. The van der Waals surface area contributed by atoms with E-state index in [4.69, 9.17) is 0 Å². The SMILES string of the molecule is O=C(NCCc1n[nH]c(=O)[nH]1)N1CCCC[C@H]1c1cccnc1. The Hall–Kier alpha value is -2.64. The Kier molecular flexibility index (Phi) is 4.70. The van der Waals surface area contributed by atoms with E-state index in [2.05, 4.69) is 25.5 Å². The van der Waals surface area contributed by atoms with Crippen LogP contribution >= 0.6 is 0 Å². The molecule has 8 heteroatoms. The first kappa shape index (κ1) is 15.3. The van der Waals surface area contributed by atoms with Gasteiger partial charge in [0.1, 0.15) is 5.82 Å². The first-order valence-electron chi connectivity index (χ1n) is 7.82. The van der Waals surface area contributed by atoms with Crippen LogP contribution in [-0.2, 0) is 6.42 Å². The molecule has 0 spiro atoms. The van der Waals surface area contributed by atoms with Crippen molar-refractivity contribution in [3.05, 3.63) is 46.4 Å². The number of hydrogen-bond acceptors (Lipinski definition) is 4. The highest BCUT2D eigenvalue weighted by Gasteiger charge is 2.27. The van der Waals surface area contributed by atoms with Crippen LogP contribution in [0.5, 0.6) is 0 Å². The Morgan fingerprint density at radius 3 is 3.09 bits per heavy atom. The summed E-state index contributed by atoms with van der Waals surface area (Å²) in [5, 5.41) is 9.03. The monoisotopic (exact) mass is 316 g/mol. The lowest BCUT2D eigenvalue weighted by atomic mass is 9.97. The number of nitrogens with one attached hydrogen (secondary N) is 3. The number of likely N-dealkylation sites (tertiary alicyclic amines) is 1. The van der Waals surface area contributed by atoms with E-state index in [1.165, 1.54) is 0 Å². The first-order valence-corrected chi connectivity index (χ1v) is 7.82. The highest BCUT2D eigenvalue weighted by Crippen LogP contribution is 2.30. The van der Waals surface area contributed by atoms with Gasteiger partial charge in [0, 0.05) is 31.9 Å². The Morgan fingerprint density at radius 2 is 2.35 bits per heavy atom. The van der Waals surface area contributed by atoms with E-state index in [1.54, 1.807) is 6.20 Å². The minimum Gasteiger partial charge on any atom is -0.338 e. The maximum atomic E-state index is 12.5. The molecule has 1 fully saturated rings. The van der Waals surface area contributed by atoms with Gasteiger partial charge in [0.25, 0.3) is 0 Å². The predicted molar refractivity (Wildman–Crippen MR) is 83.8 cm³/mol. The Balaban J connectivity index is 1.59. The minimum absolute atomic E-state index is 0.0719. The van der Waals surface area contributed by atoms with Gasteiger partial charge >= 0.3 is 11.7 Å². The number of carbonyl (C=O) groups excluding carboxylic acids is 1. The van der Waals surface area contributed by atoms with Crippen LogP contribution in [0.1, 0.15) is 36.7 Å². The molecular formula is C15H20N6O2. The molecule has 0 unspecified atom stereocenters. The van der Waals surface area contributed by atoms with Crippen molar-refractivity contribution in [2.45, 2.75) is 31.7 Å². The fourth-order valence-corrected chi connectivity index (χ4v) is 2.91. The quantitative estimate of drug-likeness (QED) is 0.781. The fraction of sp³-hybridized carbons (Fsp3) is 0.467. The normalized spacial score (nSPS) is 17.9. The van der Waals surface area contributed by atoms with Gasteiger partial charge in [0.15, 0.2) is 0 Å². The molecule has 3 rings (SSSR count). The maximum absolute atomic E-state index is 12.5. The van der Waals surface area contributed by atoms with Gasteiger partial charge in [-0.1, -0.05) is 6.07 Å². The summed E-state index contributed by atoms with van der Waals surface area (Å²) in [5.74, 6) is 0.540. The van der Waals surface area contributed by atoms with Gasteiger partial charge in [-0.25, -0.2) is 14.7 Å². The highest BCUT2D eigenvalue weighted by molar-refractivity contribution is 5.74. The molecule has 3 N–H and O–H groups in total. The van der Waals surface area contributed by atoms with Gasteiger partial charge in [-0.15, -0.1) is 0 Å². The van der Waals surface area contributed by atoms with E-state index < -0.39 is 0 Å². The standard InChI is InChI=1S/C15H20N6O2/c22-14-18-13(19-20-14)6-8-17-15(23)21-9-2-1-5-12(21)11-4-3-7-16-10-11/h3-4,7,10,12H,1-2,5-6,8-9H2,(H,17,23)(H2,18,19,20,22)/t12-/m0/s1. The summed E-state index contributed by atoms with van der Waals surface area (Å²) in [6.45, 7) is 1.17. The van der Waals surface area contributed by atoms with Gasteiger partial charge in [-0.2, -0.15) is 5.10 Å². The van der Waals surface area contributed by atoms with Crippen LogP contribution in [-0.4, -0.2) is 44.2 Å². The number of aromatic amines is 2. The number of pyridine rings is 1. The second-order valence-electron chi connectivity index (χ2n) is 5.60. The number of hydrogen-bond donors (Lipinski definition) is 3. The lowest BCUT2D eigenvalue weighted by Gasteiger charge is -2.35. The lowest BCUT2D eigenvalue weighted by molar-refractivity contribution is 0.151. The minimum atomic E-state index is -0.334. The fourth-order valence-electron chi connectivity index (χ4n) is 2.91. The van der Waals surface area contributed by atoms with Gasteiger partial charge in [0.05, 0.1) is 6.04 Å². The number of urea groups is 1. The van der Waals surface area contributed by atoms with Crippen LogP contribution in [0.4, 0.5) is 4.79 Å². The average molecular weight is 316 g/mol. The Morgan fingerprint density at radius 1 is 1.43 bits per heavy atom. The predicted octanol–water partition coefficient (Wildman–Crippen LogP) is 0.972. The second kappa shape index (κ2) is 7.08. The lowest BCUT2D eigenvalue weighted by Crippen LogP contribution is -2.45. The van der Waals surface area contributed by atoms with Crippen molar-refractivity contribution in [3.63, 3.8) is 0 Å². The second-order valence-corrected chi connectivity index (χ2v) is 5.60. The molecule has 1 aliphatic rings. The molecule has 0 aromatic carbocycles. The molecule has 1 saturated heterocycles. The van der Waals surface area contributed by atoms with Crippen molar-refractivity contribution < 1.29 is 4.79 Å². The molecule has 2 aromatic heterocycles. The topological polar surface area (TPSA) is 107 Å². The number of rotatable bonds is 4. The van der Waals surface area contributed by atoms with Gasteiger partial charge in [0.2, 0.25) is 0 Å². The molecule has 0 radical (unpaired) electrons. The molecule has 122 valence electrons. The van der Waals surface area contributed by atoms with E-state index in [-0.39, 0.29) is 17.8 Å². The summed E-state index contributed by atoms with van der Waals surface area (Å²) in [4.78, 5) is 32.0. The van der Waals surface area contributed by atoms with Crippen molar-refractivity contribution in [2.75, 3.05) is 13.1 Å². The third-order valence-corrected chi connectivity index (χ3v) is 4.02. The Bertz CT molecular complexity index is 695. The van der Waals surface area contributed by atoms with Crippen molar-refractivity contribution in [2.24, 2.45) is 0 Å². The molecule has 8 nitrogen and oxygen atoms in total. The zero-order chi connectivity index (χ0) is 16.1. The van der Waals surface area contributed by atoms with Crippen LogP contribution < -0.4 is 11.0 Å². The summed E-state index contributed by atoms with van der Waals surface area (Å²) in [5.41, 5.74) is 0.734. The van der Waals surface area contributed by atoms with Crippen molar-refractivity contribution in [1.29, 1.82) is 0 Å². The molecule has 2 aromatic rings. The molecular weight excluding hydrogens is 296 g/mol. The van der Waals surface area contributed by atoms with Crippen LogP contribution in [0.3, 0.4) is 0 Å². The number of aromatic nitrogens is 4. The zero-order valence-corrected chi connectivity index (χ0v) is 12.8. The molecule has 0 aliphatic carbocycles. The summed E-state index contributed by atoms with van der Waals surface area (Å²) >= 11 is 0. The third kappa shape index (κ3) is 3.77. The molecule has 1 aliphatic heterocycles. The van der Waals surface area contributed by atoms with Gasteiger partial charge < -0.3 is 10.2 Å². The number of amides is 2. The molecule has 0 bridgehead atoms. The van der Waals surface area contributed by atoms with Crippen molar-refractivity contribution in [3.8, 4) is 0 Å². The number of nitrogens with zero attached hydrogens (tertiary/aromatic N) is 3. The molecule has 0 saturated carbocycles. The third-order valence-electron chi connectivity index (χ3n) is 4.02. The van der Waals surface area contributed by atoms with E-state index in [0.717, 1.165) is 31.4 Å². The van der Waals surface area contributed by atoms with Crippen LogP contribution in [0.25, 0.3) is 0 Å². The largest absolute Gasteiger partial charge is 0.340 e. The van der Waals surface area contributed by atoms with E-state index >= 15 is 0 Å². The Labute approximate surface area is 133 Å². The van der Waals surface area contributed by atoms with E-state index in [9.17, 15) is 9.59 Å². The molecule has 2 amide bonds. The van der Waals surface area contributed by atoms with Gasteiger partial charge in [-0.05, 0) is 30.9 Å². The molecule has 23 heavy (non-hydrogen) atoms. The van der Waals surface area contributed by atoms with Crippen LogP contribution in [0.2, 0.25) is 0 Å². The number of piperidine rings is 1. The summed E-state index contributed by atoms with van der Waals surface area (Å²) in [6, 6.07) is 3.89.